The molecule has 1 unspecified atom stereocenters. The van der Waals surface area contributed by atoms with Crippen LogP contribution in [0.4, 0.5) is 10.5 Å². The highest BCUT2D eigenvalue weighted by Crippen LogP contribution is 2.35. The maximum absolute atomic E-state index is 13.0. The summed E-state index contributed by atoms with van der Waals surface area (Å²) in [4.78, 5) is 41.5. The highest BCUT2D eigenvalue weighted by molar-refractivity contribution is 6.07. The van der Waals surface area contributed by atoms with Crippen molar-refractivity contribution in [3.05, 3.63) is 63.5 Å². The summed E-state index contributed by atoms with van der Waals surface area (Å²) in [6, 6.07) is 7.15. The van der Waals surface area contributed by atoms with Crippen molar-refractivity contribution in [1.29, 1.82) is 0 Å². The number of fused-ring (bicyclic) bond motifs is 1. The van der Waals surface area contributed by atoms with Gasteiger partial charge in [0.1, 0.15) is 5.75 Å². The van der Waals surface area contributed by atoms with Crippen molar-refractivity contribution in [1.82, 2.24) is 15.2 Å². The van der Waals surface area contributed by atoms with Gasteiger partial charge in [-0.3, -0.25) is 24.8 Å². The third-order valence-electron chi connectivity index (χ3n) is 4.76. The van der Waals surface area contributed by atoms with Gasteiger partial charge < -0.3 is 14.8 Å². The Bertz CT molecular complexity index is 980. The number of hydrogen-bond acceptors (Lipinski definition) is 7. The number of nitro benzene ring substituents is 1. The van der Waals surface area contributed by atoms with Crippen LogP contribution >= 0.6 is 0 Å². The quantitative estimate of drug-likeness (QED) is 0.484. The SMILES string of the molecule is CC1(c2ccccn2)NC(=O)N(Cc2cc([N+](=O)[O-])cc3c2OCOC3)C1=O. The fourth-order valence-electron chi connectivity index (χ4n) is 3.35. The Kier molecular flexibility index (Phi) is 4.19. The molecule has 1 atom stereocenters. The second kappa shape index (κ2) is 6.57. The van der Waals surface area contributed by atoms with E-state index in [1.54, 1.807) is 25.1 Å². The minimum absolute atomic E-state index is 0.0103. The maximum atomic E-state index is 13.0. The maximum Gasteiger partial charge on any atom is 0.325 e. The number of carbonyl (C=O) groups is 2. The zero-order valence-electron chi connectivity index (χ0n) is 14.9. The van der Waals surface area contributed by atoms with Gasteiger partial charge in [0, 0.05) is 29.5 Å². The van der Waals surface area contributed by atoms with E-state index in [1.807, 2.05) is 0 Å². The van der Waals surface area contributed by atoms with Crippen molar-refractivity contribution in [3.8, 4) is 5.75 Å². The van der Waals surface area contributed by atoms with Gasteiger partial charge in [-0.1, -0.05) is 6.07 Å². The lowest BCUT2D eigenvalue weighted by Crippen LogP contribution is -2.41. The van der Waals surface area contributed by atoms with Gasteiger partial charge in [-0.2, -0.15) is 0 Å². The number of rotatable bonds is 4. The molecule has 0 bridgehead atoms. The summed E-state index contributed by atoms with van der Waals surface area (Å²) in [5, 5.41) is 13.9. The van der Waals surface area contributed by atoms with E-state index < -0.39 is 22.4 Å². The van der Waals surface area contributed by atoms with Crippen LogP contribution < -0.4 is 10.1 Å². The van der Waals surface area contributed by atoms with E-state index in [2.05, 4.69) is 10.3 Å². The number of imide groups is 1. The lowest BCUT2D eigenvalue weighted by molar-refractivity contribution is -0.385. The molecule has 3 heterocycles. The Morgan fingerprint density at radius 1 is 1.36 bits per heavy atom. The van der Waals surface area contributed by atoms with Crippen molar-refractivity contribution in [3.63, 3.8) is 0 Å². The lowest BCUT2D eigenvalue weighted by atomic mass is 9.97. The van der Waals surface area contributed by atoms with Gasteiger partial charge in [-0.05, 0) is 19.1 Å². The molecule has 28 heavy (non-hydrogen) atoms. The monoisotopic (exact) mass is 384 g/mol. The predicted octanol–water partition coefficient (Wildman–Crippen LogP) is 1.82. The van der Waals surface area contributed by atoms with E-state index >= 15 is 0 Å². The summed E-state index contributed by atoms with van der Waals surface area (Å²) in [5.74, 6) is -0.104. The van der Waals surface area contributed by atoms with Gasteiger partial charge in [0.2, 0.25) is 0 Å². The molecule has 0 radical (unpaired) electrons. The molecule has 1 aromatic heterocycles. The van der Waals surface area contributed by atoms with Crippen LogP contribution in [0.2, 0.25) is 0 Å². The minimum atomic E-state index is -1.32. The molecular weight excluding hydrogens is 368 g/mol. The molecule has 1 saturated heterocycles. The molecule has 10 heteroatoms. The topological polar surface area (TPSA) is 124 Å². The number of benzene rings is 1. The van der Waals surface area contributed by atoms with E-state index in [-0.39, 0.29) is 25.6 Å². The first kappa shape index (κ1) is 17.9. The van der Waals surface area contributed by atoms with Crippen LogP contribution in [0.15, 0.2) is 36.5 Å². The van der Waals surface area contributed by atoms with Gasteiger partial charge in [-0.25, -0.2) is 4.79 Å². The van der Waals surface area contributed by atoms with Gasteiger partial charge in [-0.15, -0.1) is 0 Å². The molecule has 0 spiro atoms. The van der Waals surface area contributed by atoms with Crippen molar-refractivity contribution >= 4 is 17.6 Å². The first-order valence-electron chi connectivity index (χ1n) is 8.46. The third kappa shape index (κ3) is 2.83. The van der Waals surface area contributed by atoms with E-state index in [0.717, 1.165) is 4.90 Å². The minimum Gasteiger partial charge on any atom is -0.467 e. The normalized spacial score (nSPS) is 21.1. The summed E-state index contributed by atoms with van der Waals surface area (Å²) >= 11 is 0. The number of non-ortho nitro benzene ring substituents is 1. The Morgan fingerprint density at radius 2 is 2.18 bits per heavy atom. The standard InChI is InChI=1S/C18H16N4O6/c1-18(14-4-2-3-5-19-14)16(23)21(17(24)20-18)8-11-6-13(22(25)26)7-12-9-27-10-28-15(11)12/h2-7H,8-10H2,1H3,(H,20,24). The zero-order valence-corrected chi connectivity index (χ0v) is 14.9. The third-order valence-corrected chi connectivity index (χ3v) is 4.76. The highest BCUT2D eigenvalue weighted by atomic mass is 16.7. The van der Waals surface area contributed by atoms with Crippen LogP contribution in [0.5, 0.6) is 5.75 Å². The summed E-state index contributed by atoms with van der Waals surface area (Å²) in [7, 11) is 0. The number of pyridine rings is 1. The first-order valence-corrected chi connectivity index (χ1v) is 8.46. The van der Waals surface area contributed by atoms with Crippen LogP contribution in [0, 0.1) is 10.1 Å². The van der Waals surface area contributed by atoms with Crippen molar-refractivity contribution in [2.24, 2.45) is 0 Å². The van der Waals surface area contributed by atoms with Crippen LogP contribution in [0.25, 0.3) is 0 Å². The first-order chi connectivity index (χ1) is 13.4. The number of hydrogen-bond donors (Lipinski definition) is 1. The number of carbonyl (C=O) groups excluding carboxylic acids is 2. The molecule has 144 valence electrons. The summed E-state index contributed by atoms with van der Waals surface area (Å²) in [6.45, 7) is 1.54. The predicted molar refractivity (Wildman–Crippen MR) is 94.1 cm³/mol. The average molecular weight is 384 g/mol. The van der Waals surface area contributed by atoms with Crippen molar-refractivity contribution in [2.75, 3.05) is 6.79 Å². The second-order valence-electron chi connectivity index (χ2n) is 6.62. The molecule has 10 nitrogen and oxygen atoms in total. The van der Waals surface area contributed by atoms with Crippen LogP contribution in [0.1, 0.15) is 23.7 Å². The Balaban J connectivity index is 1.70. The van der Waals surface area contributed by atoms with E-state index in [4.69, 9.17) is 9.47 Å². The van der Waals surface area contributed by atoms with Gasteiger partial charge in [0.15, 0.2) is 12.3 Å². The average Bonchev–Trinajstić information content (AvgIpc) is 2.92. The molecule has 1 N–H and O–H groups in total. The molecule has 1 fully saturated rings. The molecule has 2 aliphatic rings. The fourth-order valence-corrected chi connectivity index (χ4v) is 3.35. The Labute approximate surface area is 159 Å². The molecule has 0 saturated carbocycles. The number of nitrogens with zero attached hydrogens (tertiary/aromatic N) is 3. The van der Waals surface area contributed by atoms with Gasteiger partial charge in [0.05, 0.1) is 23.8 Å². The van der Waals surface area contributed by atoms with Crippen molar-refractivity contribution in [2.45, 2.75) is 25.6 Å². The summed E-state index contributed by atoms with van der Waals surface area (Å²) < 4.78 is 10.7. The lowest BCUT2D eigenvalue weighted by Gasteiger charge is -2.23. The molecule has 3 amide bonds. The second-order valence-corrected chi connectivity index (χ2v) is 6.62. The van der Waals surface area contributed by atoms with E-state index in [0.29, 0.717) is 22.6 Å². The Morgan fingerprint density at radius 3 is 2.89 bits per heavy atom. The number of urea groups is 1. The largest absolute Gasteiger partial charge is 0.467 e. The fraction of sp³-hybridized carbons (Fsp3) is 0.278. The van der Waals surface area contributed by atoms with Gasteiger partial charge >= 0.3 is 6.03 Å². The Hall–Kier alpha value is -3.53. The molecule has 2 aliphatic heterocycles. The molecule has 0 aliphatic carbocycles. The van der Waals surface area contributed by atoms with Crippen LogP contribution in [-0.4, -0.2) is 33.5 Å². The van der Waals surface area contributed by atoms with Crippen molar-refractivity contribution < 1.29 is 24.0 Å². The summed E-state index contributed by atoms with van der Waals surface area (Å²) in [6.07, 6.45) is 1.54. The number of aromatic nitrogens is 1. The number of nitrogens with one attached hydrogen (secondary N) is 1. The number of nitro groups is 1. The molecule has 1 aromatic carbocycles. The highest BCUT2D eigenvalue weighted by Gasteiger charge is 2.50. The molecule has 4 rings (SSSR count). The number of amides is 3. The molecular formula is C18H16N4O6. The van der Waals surface area contributed by atoms with Crippen LogP contribution in [-0.2, 0) is 28.2 Å². The molecule has 2 aromatic rings. The van der Waals surface area contributed by atoms with Crippen LogP contribution in [0.3, 0.4) is 0 Å². The zero-order chi connectivity index (χ0) is 19.9. The van der Waals surface area contributed by atoms with E-state index in [1.165, 1.54) is 18.3 Å². The summed E-state index contributed by atoms with van der Waals surface area (Å²) in [5.41, 5.74) is -0.219. The smallest absolute Gasteiger partial charge is 0.325 e. The van der Waals surface area contributed by atoms with Gasteiger partial charge in [0.25, 0.3) is 11.6 Å². The number of ether oxygens (including phenoxy) is 2. The van der Waals surface area contributed by atoms with E-state index in [9.17, 15) is 19.7 Å².